The van der Waals surface area contributed by atoms with Gasteiger partial charge in [-0.2, -0.15) is 5.10 Å². The van der Waals surface area contributed by atoms with Crippen molar-refractivity contribution < 1.29 is 9.59 Å². The van der Waals surface area contributed by atoms with Gasteiger partial charge in [0, 0.05) is 12.1 Å². The molecule has 4 heteroatoms. The molecule has 1 amide bonds. The summed E-state index contributed by atoms with van der Waals surface area (Å²) in [5.74, 6) is -1.02. The van der Waals surface area contributed by atoms with Crippen molar-refractivity contribution in [3.8, 4) is 0 Å². The number of hydrogen-bond acceptors (Lipinski definition) is 3. The highest BCUT2D eigenvalue weighted by atomic mass is 16.2. The summed E-state index contributed by atoms with van der Waals surface area (Å²) in [5, 5.41) is 5.38. The number of amides is 1. The zero-order chi connectivity index (χ0) is 12.3. The van der Waals surface area contributed by atoms with Gasteiger partial charge in [0.1, 0.15) is 5.71 Å². The van der Waals surface area contributed by atoms with E-state index in [1.807, 2.05) is 25.1 Å². The normalized spacial score (nSPS) is 15.4. The van der Waals surface area contributed by atoms with E-state index in [2.05, 4.69) is 5.10 Å². The van der Waals surface area contributed by atoms with E-state index in [9.17, 15) is 9.59 Å². The molecule has 0 spiro atoms. The molecule has 1 aliphatic rings. The van der Waals surface area contributed by atoms with Gasteiger partial charge in [0.2, 0.25) is 0 Å². The van der Waals surface area contributed by atoms with Gasteiger partial charge in [-0.3, -0.25) is 9.59 Å². The molecule has 4 nitrogen and oxygen atoms in total. The molecule has 2 rings (SSSR count). The van der Waals surface area contributed by atoms with Gasteiger partial charge in [0.05, 0.1) is 0 Å². The van der Waals surface area contributed by atoms with Gasteiger partial charge < -0.3 is 0 Å². The molecule has 0 aromatic heterocycles. The molecule has 17 heavy (non-hydrogen) atoms. The summed E-state index contributed by atoms with van der Waals surface area (Å²) in [5.41, 5.74) is 0.955. The summed E-state index contributed by atoms with van der Waals surface area (Å²) < 4.78 is 0. The molecule has 0 unspecified atom stereocenters. The van der Waals surface area contributed by atoms with E-state index in [1.54, 1.807) is 12.1 Å². The fourth-order valence-corrected chi connectivity index (χ4v) is 1.67. The van der Waals surface area contributed by atoms with Crippen LogP contribution in [0.3, 0.4) is 0 Å². The third-order valence-electron chi connectivity index (χ3n) is 2.64. The second-order valence-corrected chi connectivity index (χ2v) is 3.93. The predicted octanol–water partition coefficient (Wildman–Crippen LogP) is 1.60. The molecular formula is C13H14N2O2. The first-order chi connectivity index (χ1) is 8.24. The molecule has 0 aliphatic carbocycles. The summed E-state index contributed by atoms with van der Waals surface area (Å²) in [6.07, 6.45) is 1.82. The second kappa shape index (κ2) is 4.91. The van der Waals surface area contributed by atoms with Crippen LogP contribution in [0.2, 0.25) is 0 Å². The number of benzene rings is 1. The number of carbonyl (C=O) groups is 2. The van der Waals surface area contributed by atoms with Gasteiger partial charge in [-0.05, 0) is 6.42 Å². The van der Waals surface area contributed by atoms with Gasteiger partial charge in [-0.1, -0.05) is 43.7 Å². The zero-order valence-corrected chi connectivity index (χ0v) is 9.72. The van der Waals surface area contributed by atoms with E-state index in [4.69, 9.17) is 0 Å². The van der Waals surface area contributed by atoms with Gasteiger partial charge in [0.25, 0.3) is 5.78 Å². The molecule has 0 saturated carbocycles. The fourth-order valence-electron chi connectivity index (χ4n) is 1.67. The molecule has 1 aromatic carbocycles. The third kappa shape index (κ3) is 2.25. The maximum absolute atomic E-state index is 11.8. The lowest BCUT2D eigenvalue weighted by molar-refractivity contribution is -0.139. The van der Waals surface area contributed by atoms with Crippen LogP contribution >= 0.6 is 0 Å². The first kappa shape index (κ1) is 11.5. The number of hydrazone groups is 1. The largest absolute Gasteiger partial charge is 0.316 e. The van der Waals surface area contributed by atoms with Crippen LogP contribution in [0.4, 0.5) is 0 Å². The molecular weight excluding hydrogens is 216 g/mol. The van der Waals surface area contributed by atoms with Crippen LogP contribution in [0.1, 0.15) is 25.3 Å². The molecule has 1 aromatic rings. The van der Waals surface area contributed by atoms with Crippen molar-refractivity contribution in [2.75, 3.05) is 6.54 Å². The minimum Gasteiger partial charge on any atom is -0.281 e. The van der Waals surface area contributed by atoms with E-state index in [-0.39, 0.29) is 5.71 Å². The SMILES string of the molecule is CCCCN1N=C(c2ccccc2)C(=O)C1=O. The van der Waals surface area contributed by atoms with Crippen LogP contribution in [-0.4, -0.2) is 29.0 Å². The van der Waals surface area contributed by atoms with Crippen molar-refractivity contribution in [3.05, 3.63) is 35.9 Å². The van der Waals surface area contributed by atoms with E-state index in [0.29, 0.717) is 12.1 Å². The summed E-state index contributed by atoms with van der Waals surface area (Å²) in [6.45, 7) is 2.54. The Bertz CT molecular complexity index is 466. The number of unbranched alkanes of at least 4 members (excludes halogenated alkanes) is 1. The highest BCUT2D eigenvalue weighted by Gasteiger charge is 2.33. The molecule has 0 N–H and O–H groups in total. The molecule has 1 aliphatic heterocycles. The van der Waals surface area contributed by atoms with Crippen LogP contribution in [0.15, 0.2) is 35.4 Å². The Kier molecular flexibility index (Phi) is 3.32. The number of hydrogen-bond donors (Lipinski definition) is 0. The first-order valence-electron chi connectivity index (χ1n) is 5.74. The molecule has 0 bridgehead atoms. The minimum atomic E-state index is -0.516. The van der Waals surface area contributed by atoms with Crippen LogP contribution in [0, 0.1) is 0 Å². The number of ketones is 1. The van der Waals surface area contributed by atoms with Gasteiger partial charge in [-0.25, -0.2) is 5.01 Å². The number of Topliss-reactive ketones (excluding diaryl/α,β-unsaturated/α-hetero) is 1. The number of rotatable bonds is 4. The van der Waals surface area contributed by atoms with Gasteiger partial charge in [-0.15, -0.1) is 0 Å². The minimum absolute atomic E-state index is 0.256. The average molecular weight is 230 g/mol. The monoisotopic (exact) mass is 230 g/mol. The summed E-state index contributed by atoms with van der Waals surface area (Å²) in [4.78, 5) is 23.4. The first-order valence-corrected chi connectivity index (χ1v) is 5.74. The standard InChI is InChI=1S/C13H14N2O2/c1-2-3-9-15-13(17)12(16)11(14-15)10-7-5-4-6-8-10/h4-8H,2-3,9H2,1H3. The van der Waals surface area contributed by atoms with E-state index >= 15 is 0 Å². The second-order valence-electron chi connectivity index (χ2n) is 3.93. The van der Waals surface area contributed by atoms with Gasteiger partial charge in [0.15, 0.2) is 0 Å². The summed E-state index contributed by atoms with van der Waals surface area (Å²) in [7, 11) is 0. The van der Waals surface area contributed by atoms with Crippen LogP contribution in [0.5, 0.6) is 0 Å². The smallest absolute Gasteiger partial charge is 0.281 e. The Morgan fingerprint density at radius 2 is 1.88 bits per heavy atom. The highest BCUT2D eigenvalue weighted by molar-refractivity contribution is 6.69. The highest BCUT2D eigenvalue weighted by Crippen LogP contribution is 2.12. The lowest BCUT2D eigenvalue weighted by Crippen LogP contribution is -2.28. The Balaban J connectivity index is 2.23. The number of carbonyl (C=O) groups excluding carboxylic acids is 2. The fraction of sp³-hybridized carbons (Fsp3) is 0.308. The molecule has 1 heterocycles. The third-order valence-corrected chi connectivity index (χ3v) is 2.64. The van der Waals surface area contributed by atoms with E-state index < -0.39 is 11.7 Å². The Labute approximate surface area is 99.9 Å². The van der Waals surface area contributed by atoms with E-state index in [0.717, 1.165) is 12.8 Å². The van der Waals surface area contributed by atoms with Crippen molar-refractivity contribution in [1.82, 2.24) is 5.01 Å². The van der Waals surface area contributed by atoms with Crippen molar-refractivity contribution in [1.29, 1.82) is 0 Å². The quantitative estimate of drug-likeness (QED) is 0.738. The van der Waals surface area contributed by atoms with Crippen LogP contribution < -0.4 is 0 Å². The molecule has 0 atom stereocenters. The van der Waals surface area contributed by atoms with E-state index in [1.165, 1.54) is 5.01 Å². The Morgan fingerprint density at radius 1 is 1.18 bits per heavy atom. The molecule has 88 valence electrons. The molecule has 0 saturated heterocycles. The topological polar surface area (TPSA) is 49.7 Å². The van der Waals surface area contributed by atoms with Crippen molar-refractivity contribution >= 4 is 17.4 Å². The van der Waals surface area contributed by atoms with Crippen LogP contribution in [0.25, 0.3) is 0 Å². The maximum Gasteiger partial charge on any atom is 0.316 e. The number of nitrogens with zero attached hydrogens (tertiary/aromatic N) is 2. The Morgan fingerprint density at radius 3 is 2.53 bits per heavy atom. The maximum atomic E-state index is 11.8. The van der Waals surface area contributed by atoms with Crippen molar-refractivity contribution in [3.63, 3.8) is 0 Å². The zero-order valence-electron chi connectivity index (χ0n) is 9.72. The molecule has 0 radical (unpaired) electrons. The van der Waals surface area contributed by atoms with Crippen molar-refractivity contribution in [2.24, 2.45) is 5.10 Å². The van der Waals surface area contributed by atoms with Crippen LogP contribution in [-0.2, 0) is 9.59 Å². The summed E-state index contributed by atoms with van der Waals surface area (Å²) >= 11 is 0. The predicted molar refractivity (Wildman–Crippen MR) is 64.6 cm³/mol. The lowest BCUT2D eigenvalue weighted by Gasteiger charge is -2.08. The van der Waals surface area contributed by atoms with Crippen molar-refractivity contribution in [2.45, 2.75) is 19.8 Å². The van der Waals surface area contributed by atoms with Gasteiger partial charge >= 0.3 is 5.91 Å². The molecule has 0 fully saturated rings. The average Bonchev–Trinajstić information content (AvgIpc) is 2.65. The lowest BCUT2D eigenvalue weighted by atomic mass is 10.1. The Hall–Kier alpha value is -1.97. The summed E-state index contributed by atoms with van der Waals surface area (Å²) in [6, 6.07) is 9.08.